The summed E-state index contributed by atoms with van der Waals surface area (Å²) >= 11 is 7.17. The van der Waals surface area contributed by atoms with Crippen molar-refractivity contribution < 1.29 is 14.3 Å². The third-order valence-electron chi connectivity index (χ3n) is 1.65. The summed E-state index contributed by atoms with van der Waals surface area (Å²) in [5, 5.41) is 3.80. The molecule has 6 heteroatoms. The van der Waals surface area contributed by atoms with E-state index in [1.807, 2.05) is 6.92 Å². The van der Waals surface area contributed by atoms with Gasteiger partial charge in [0.15, 0.2) is 0 Å². The van der Waals surface area contributed by atoms with Crippen LogP contribution in [0, 0.1) is 6.92 Å². The third-order valence-corrected chi connectivity index (χ3v) is 3.12. The second-order valence-corrected chi connectivity index (χ2v) is 4.48. The van der Waals surface area contributed by atoms with Crippen LogP contribution in [0.1, 0.15) is 11.3 Å². The van der Waals surface area contributed by atoms with E-state index in [1.165, 1.54) is 18.4 Å². The molecule has 0 saturated heterocycles. The van der Waals surface area contributed by atoms with Crippen LogP contribution in [0.4, 0.5) is 5.00 Å². The molecular formula is C9H10ClNO3S. The maximum Gasteiger partial charge on any atom is 0.315 e. The number of carbonyl (C=O) groups excluding carboxylic acids is 2. The largest absolute Gasteiger partial charge is 0.469 e. The lowest BCUT2D eigenvalue weighted by Gasteiger charge is -2.00. The van der Waals surface area contributed by atoms with Crippen LogP contribution < -0.4 is 5.32 Å². The Kier molecular flexibility index (Phi) is 4.11. The van der Waals surface area contributed by atoms with Crippen molar-refractivity contribution in [2.24, 2.45) is 0 Å². The van der Waals surface area contributed by atoms with E-state index in [-0.39, 0.29) is 6.42 Å². The fourth-order valence-corrected chi connectivity index (χ4v) is 2.02. The van der Waals surface area contributed by atoms with Crippen LogP contribution in [-0.4, -0.2) is 19.0 Å². The first-order valence-electron chi connectivity index (χ1n) is 4.15. The first kappa shape index (κ1) is 12.0. The minimum absolute atomic E-state index is 0.287. The molecule has 0 spiro atoms. The zero-order valence-corrected chi connectivity index (χ0v) is 9.87. The van der Waals surface area contributed by atoms with Gasteiger partial charge in [0.2, 0.25) is 5.91 Å². The molecule has 0 aliphatic carbocycles. The predicted molar refractivity (Wildman–Crippen MR) is 59.3 cm³/mol. The molecule has 1 rings (SSSR count). The summed E-state index contributed by atoms with van der Waals surface area (Å²) in [7, 11) is 1.24. The minimum atomic E-state index is -0.563. The van der Waals surface area contributed by atoms with Gasteiger partial charge in [-0.05, 0) is 13.0 Å². The Balaban J connectivity index is 2.55. The normalized spacial score (nSPS) is 9.80. The average Bonchev–Trinajstić information content (AvgIpc) is 2.45. The number of hydrogen-bond donors (Lipinski definition) is 1. The fourth-order valence-electron chi connectivity index (χ4n) is 0.906. The van der Waals surface area contributed by atoms with E-state index in [9.17, 15) is 9.59 Å². The van der Waals surface area contributed by atoms with Crippen LogP contribution in [0.3, 0.4) is 0 Å². The van der Waals surface area contributed by atoms with E-state index in [4.69, 9.17) is 11.6 Å². The number of halogens is 1. The number of hydrogen-bond acceptors (Lipinski definition) is 4. The molecule has 0 bridgehead atoms. The number of esters is 1. The Morgan fingerprint density at radius 2 is 2.27 bits per heavy atom. The SMILES string of the molecule is COC(=O)CC(=O)Nc1cc(Cl)c(C)s1. The molecule has 82 valence electrons. The predicted octanol–water partition coefficient (Wildman–Crippen LogP) is 2.21. The van der Waals surface area contributed by atoms with Crippen LogP contribution in [0.15, 0.2) is 6.07 Å². The molecule has 1 amide bonds. The summed E-state index contributed by atoms with van der Waals surface area (Å²) in [5.41, 5.74) is 0. The molecule has 1 heterocycles. The lowest BCUT2D eigenvalue weighted by molar-refractivity contribution is -0.142. The molecule has 0 fully saturated rings. The molecule has 4 nitrogen and oxygen atoms in total. The van der Waals surface area contributed by atoms with Gasteiger partial charge in [-0.15, -0.1) is 11.3 Å². The van der Waals surface area contributed by atoms with Crippen molar-refractivity contribution >= 4 is 39.8 Å². The fraction of sp³-hybridized carbons (Fsp3) is 0.333. The molecule has 0 unspecified atom stereocenters. The highest BCUT2D eigenvalue weighted by Crippen LogP contribution is 2.29. The van der Waals surface area contributed by atoms with Gasteiger partial charge in [-0.2, -0.15) is 0 Å². The Bertz CT molecular complexity index is 369. The first-order valence-corrected chi connectivity index (χ1v) is 5.35. The Labute approximate surface area is 96.2 Å². The van der Waals surface area contributed by atoms with Gasteiger partial charge in [0.1, 0.15) is 6.42 Å². The Hall–Kier alpha value is -1.07. The zero-order valence-electron chi connectivity index (χ0n) is 8.30. The first-order chi connectivity index (χ1) is 7.02. The zero-order chi connectivity index (χ0) is 11.4. The summed E-state index contributed by atoms with van der Waals surface area (Å²) < 4.78 is 4.37. The van der Waals surface area contributed by atoms with Gasteiger partial charge < -0.3 is 10.1 Å². The number of anilines is 1. The quantitative estimate of drug-likeness (QED) is 0.658. The highest BCUT2D eigenvalue weighted by molar-refractivity contribution is 7.16. The van der Waals surface area contributed by atoms with Crippen molar-refractivity contribution in [3.05, 3.63) is 16.0 Å². The van der Waals surface area contributed by atoms with Crippen LogP contribution in [-0.2, 0) is 14.3 Å². The lowest BCUT2D eigenvalue weighted by Crippen LogP contribution is -2.16. The summed E-state index contributed by atoms with van der Waals surface area (Å²) in [6, 6.07) is 1.65. The molecule has 15 heavy (non-hydrogen) atoms. The molecule has 0 aliphatic rings. The highest BCUT2D eigenvalue weighted by atomic mass is 35.5. The van der Waals surface area contributed by atoms with Gasteiger partial charge in [-0.3, -0.25) is 9.59 Å². The van der Waals surface area contributed by atoms with E-state index in [2.05, 4.69) is 10.1 Å². The summed E-state index contributed by atoms with van der Waals surface area (Å²) in [6.45, 7) is 1.85. The molecule has 0 aromatic carbocycles. The van der Waals surface area contributed by atoms with Crippen molar-refractivity contribution in [1.29, 1.82) is 0 Å². The number of methoxy groups -OCH3 is 1. The highest BCUT2D eigenvalue weighted by Gasteiger charge is 2.11. The van der Waals surface area contributed by atoms with Gasteiger partial charge in [-0.25, -0.2) is 0 Å². The molecule has 0 atom stereocenters. The van der Waals surface area contributed by atoms with Crippen molar-refractivity contribution in [2.45, 2.75) is 13.3 Å². The van der Waals surface area contributed by atoms with Gasteiger partial charge in [0, 0.05) is 4.88 Å². The summed E-state index contributed by atoms with van der Waals surface area (Å²) in [6.07, 6.45) is -0.287. The maximum atomic E-state index is 11.3. The smallest absolute Gasteiger partial charge is 0.315 e. The number of aryl methyl sites for hydroxylation is 1. The number of nitrogens with one attached hydrogen (secondary N) is 1. The number of amides is 1. The second-order valence-electron chi connectivity index (χ2n) is 2.82. The maximum absolute atomic E-state index is 11.3. The molecule has 0 saturated carbocycles. The molecule has 0 aliphatic heterocycles. The topological polar surface area (TPSA) is 55.4 Å². The monoisotopic (exact) mass is 247 g/mol. The minimum Gasteiger partial charge on any atom is -0.469 e. The van der Waals surface area contributed by atoms with E-state index >= 15 is 0 Å². The van der Waals surface area contributed by atoms with E-state index in [1.54, 1.807) is 6.07 Å². The van der Waals surface area contributed by atoms with E-state index in [0.717, 1.165) is 4.88 Å². The van der Waals surface area contributed by atoms with Crippen LogP contribution in [0.5, 0.6) is 0 Å². The Morgan fingerprint density at radius 1 is 1.60 bits per heavy atom. The summed E-state index contributed by atoms with van der Waals surface area (Å²) in [4.78, 5) is 23.0. The lowest BCUT2D eigenvalue weighted by atomic mass is 10.4. The van der Waals surface area contributed by atoms with Gasteiger partial charge in [0.05, 0.1) is 17.1 Å². The summed E-state index contributed by atoms with van der Waals surface area (Å²) in [5.74, 6) is -0.966. The van der Waals surface area contributed by atoms with Crippen LogP contribution in [0.25, 0.3) is 0 Å². The number of carbonyl (C=O) groups is 2. The van der Waals surface area contributed by atoms with E-state index < -0.39 is 11.9 Å². The standard InChI is InChI=1S/C9H10ClNO3S/c1-5-6(10)3-8(15-5)11-7(12)4-9(13)14-2/h3H,4H2,1-2H3,(H,11,12). The van der Waals surface area contributed by atoms with Crippen molar-refractivity contribution in [3.8, 4) is 0 Å². The molecular weight excluding hydrogens is 238 g/mol. The average molecular weight is 248 g/mol. The van der Waals surface area contributed by atoms with Crippen molar-refractivity contribution in [3.63, 3.8) is 0 Å². The van der Waals surface area contributed by atoms with Crippen molar-refractivity contribution in [1.82, 2.24) is 0 Å². The Morgan fingerprint density at radius 3 is 2.73 bits per heavy atom. The molecule has 1 aromatic heterocycles. The molecule has 1 aromatic rings. The van der Waals surface area contributed by atoms with Crippen LogP contribution in [0.2, 0.25) is 5.02 Å². The molecule has 0 radical (unpaired) electrons. The van der Waals surface area contributed by atoms with Gasteiger partial charge in [-0.1, -0.05) is 11.6 Å². The van der Waals surface area contributed by atoms with Crippen LogP contribution >= 0.6 is 22.9 Å². The van der Waals surface area contributed by atoms with Gasteiger partial charge in [0.25, 0.3) is 0 Å². The van der Waals surface area contributed by atoms with Gasteiger partial charge >= 0.3 is 5.97 Å². The number of thiophene rings is 1. The number of ether oxygens (including phenoxy) is 1. The second kappa shape index (κ2) is 5.14. The molecule has 1 N–H and O–H groups in total. The third kappa shape index (κ3) is 3.53. The van der Waals surface area contributed by atoms with Crippen molar-refractivity contribution in [2.75, 3.05) is 12.4 Å². The van der Waals surface area contributed by atoms with E-state index in [0.29, 0.717) is 10.0 Å². The number of rotatable bonds is 3.